The minimum atomic E-state index is -0.313. The van der Waals surface area contributed by atoms with E-state index in [1.807, 2.05) is 24.3 Å². The fraction of sp³-hybridized carbons (Fsp3) is 0.533. The van der Waals surface area contributed by atoms with Crippen LogP contribution in [0.2, 0.25) is 10.0 Å². The maximum absolute atomic E-state index is 13.8. The number of rotatable bonds is 7. The average molecular weight is 546 g/mol. The first-order valence-corrected chi connectivity index (χ1v) is 14.0. The predicted octanol–water partition coefficient (Wildman–Crippen LogP) is 6.39. The lowest BCUT2D eigenvalue weighted by atomic mass is 9.57. The van der Waals surface area contributed by atoms with Gasteiger partial charge in [0.1, 0.15) is 5.75 Å². The number of benzene rings is 2. The first kappa shape index (κ1) is 27.9. The zero-order chi connectivity index (χ0) is 26.7. The molecule has 1 saturated carbocycles. The number of hydrogen-bond donors (Lipinski definition) is 0. The van der Waals surface area contributed by atoms with Crippen molar-refractivity contribution in [1.82, 2.24) is 9.80 Å². The van der Waals surface area contributed by atoms with E-state index in [4.69, 9.17) is 27.9 Å². The average Bonchev–Trinajstić information content (AvgIpc) is 2.84. The van der Waals surface area contributed by atoms with Crippen molar-refractivity contribution in [3.05, 3.63) is 63.6 Å². The van der Waals surface area contributed by atoms with Crippen LogP contribution in [0.3, 0.4) is 0 Å². The Hall–Kier alpha value is -2.08. The number of fused-ring (bicyclic) bond motifs is 1. The number of hydrogen-bond acceptors (Lipinski definition) is 4. The largest absolute Gasteiger partial charge is 0.427 e. The van der Waals surface area contributed by atoms with Gasteiger partial charge in [0.15, 0.2) is 0 Å². The third-order valence-corrected chi connectivity index (χ3v) is 8.77. The second kappa shape index (κ2) is 11.8. The second-order valence-electron chi connectivity index (χ2n) is 11.3. The van der Waals surface area contributed by atoms with Crippen LogP contribution < -0.4 is 4.74 Å². The molecule has 200 valence electrons. The first-order chi connectivity index (χ1) is 17.6. The zero-order valence-electron chi connectivity index (χ0n) is 22.3. The molecule has 1 saturated heterocycles. The number of ether oxygens (including phenoxy) is 1. The summed E-state index contributed by atoms with van der Waals surface area (Å²) < 4.78 is 5.46. The number of carbonyl (C=O) groups excluding carboxylic acids is 2. The molecule has 4 rings (SSSR count). The third kappa shape index (κ3) is 6.50. The van der Waals surface area contributed by atoms with Crippen molar-refractivity contribution in [3.63, 3.8) is 0 Å². The number of likely N-dealkylation sites (tertiary alicyclic amines) is 1. The summed E-state index contributed by atoms with van der Waals surface area (Å²) in [6.07, 6.45) is 4.28. The van der Waals surface area contributed by atoms with Crippen LogP contribution in [-0.4, -0.2) is 54.4 Å². The smallest absolute Gasteiger partial charge is 0.308 e. The molecule has 2 aromatic rings. The molecule has 2 aliphatic rings. The number of nitrogens with zero attached hydrogens (tertiary/aromatic N) is 2. The lowest BCUT2D eigenvalue weighted by Gasteiger charge is -2.54. The van der Waals surface area contributed by atoms with Crippen LogP contribution in [0, 0.1) is 11.8 Å². The minimum absolute atomic E-state index is 0.0648. The molecule has 5 nitrogen and oxygen atoms in total. The van der Waals surface area contributed by atoms with Gasteiger partial charge < -0.3 is 14.5 Å². The predicted molar refractivity (Wildman–Crippen MR) is 149 cm³/mol. The highest BCUT2D eigenvalue weighted by Crippen LogP contribution is 2.50. The molecule has 3 atom stereocenters. The fourth-order valence-electron chi connectivity index (χ4n) is 6.36. The molecule has 0 N–H and O–H groups in total. The summed E-state index contributed by atoms with van der Waals surface area (Å²) in [6, 6.07) is 13.6. The van der Waals surface area contributed by atoms with Crippen LogP contribution in [-0.2, 0) is 21.4 Å². The van der Waals surface area contributed by atoms with E-state index in [0.29, 0.717) is 34.1 Å². The summed E-state index contributed by atoms with van der Waals surface area (Å²) in [5, 5.41) is 0.969. The maximum atomic E-state index is 13.8. The highest BCUT2D eigenvalue weighted by Gasteiger charge is 2.49. The second-order valence-corrected chi connectivity index (χ2v) is 12.1. The van der Waals surface area contributed by atoms with Gasteiger partial charge in [0.25, 0.3) is 0 Å². The Kier molecular flexibility index (Phi) is 8.88. The van der Waals surface area contributed by atoms with Gasteiger partial charge in [0, 0.05) is 31.5 Å². The van der Waals surface area contributed by atoms with E-state index in [-0.39, 0.29) is 23.3 Å². The number of esters is 1. The Morgan fingerprint density at radius 3 is 2.62 bits per heavy atom. The Morgan fingerprint density at radius 2 is 1.92 bits per heavy atom. The van der Waals surface area contributed by atoms with Crippen LogP contribution in [0.25, 0.3) is 0 Å². The van der Waals surface area contributed by atoms with Gasteiger partial charge in [-0.05, 0) is 86.5 Å². The molecule has 1 aliphatic heterocycles. The van der Waals surface area contributed by atoms with Crippen LogP contribution in [0.5, 0.6) is 5.75 Å². The Balaban J connectivity index is 1.64. The van der Waals surface area contributed by atoms with Crippen molar-refractivity contribution >= 4 is 35.1 Å². The van der Waals surface area contributed by atoms with Gasteiger partial charge in [-0.1, -0.05) is 55.2 Å². The maximum Gasteiger partial charge on any atom is 0.308 e. The van der Waals surface area contributed by atoms with Crippen LogP contribution in [0.1, 0.15) is 57.6 Å². The lowest BCUT2D eigenvalue weighted by molar-refractivity contribution is -0.135. The molecule has 1 amide bonds. The van der Waals surface area contributed by atoms with Crippen molar-refractivity contribution in [2.75, 3.05) is 26.7 Å². The topological polar surface area (TPSA) is 49.9 Å². The molecular weight excluding hydrogens is 507 g/mol. The van der Waals surface area contributed by atoms with E-state index in [1.54, 1.807) is 12.1 Å². The number of carbonyl (C=O) groups is 2. The molecule has 2 aromatic carbocycles. The molecule has 1 aliphatic carbocycles. The van der Waals surface area contributed by atoms with E-state index >= 15 is 0 Å². The van der Waals surface area contributed by atoms with E-state index < -0.39 is 0 Å². The zero-order valence-corrected chi connectivity index (χ0v) is 23.8. The van der Waals surface area contributed by atoms with Crippen molar-refractivity contribution < 1.29 is 14.3 Å². The van der Waals surface area contributed by atoms with Crippen molar-refractivity contribution in [1.29, 1.82) is 0 Å². The Labute approximate surface area is 231 Å². The molecule has 0 aromatic heterocycles. The van der Waals surface area contributed by atoms with E-state index in [0.717, 1.165) is 50.9 Å². The van der Waals surface area contributed by atoms with Crippen molar-refractivity contribution in [3.8, 4) is 5.75 Å². The molecule has 1 heterocycles. The molecule has 0 spiro atoms. The SMILES string of the molecule is CC(=O)Oc1cccc([C@@]23CCN(C)C[C@H]2CC[C@@H](N(CC(C)C)C(=O)Cc2ccc(Cl)c(Cl)c2)C3)c1. The summed E-state index contributed by atoms with van der Waals surface area (Å²) >= 11 is 12.3. The summed E-state index contributed by atoms with van der Waals surface area (Å²) in [4.78, 5) is 29.9. The summed E-state index contributed by atoms with van der Waals surface area (Å²) in [7, 11) is 2.19. The van der Waals surface area contributed by atoms with Gasteiger partial charge in [0.05, 0.1) is 16.5 Å². The monoisotopic (exact) mass is 544 g/mol. The van der Waals surface area contributed by atoms with E-state index in [9.17, 15) is 9.59 Å². The van der Waals surface area contributed by atoms with Gasteiger partial charge in [-0.2, -0.15) is 0 Å². The standard InChI is InChI=1S/C30H38Cl2N2O3/c1-20(2)18-34(29(36)15-22-8-11-27(31)28(32)14-22)25-10-9-24-19-33(4)13-12-30(24,17-25)23-6-5-7-26(16-23)37-21(3)35/h5-8,11,14,16,20,24-25H,9-10,12-13,15,17-19H2,1-4H3/t24-,25-,30+/m1/s1. The van der Waals surface area contributed by atoms with E-state index in [1.165, 1.54) is 12.5 Å². The van der Waals surface area contributed by atoms with Gasteiger partial charge in [-0.25, -0.2) is 0 Å². The normalized spacial score (nSPS) is 24.0. The number of amides is 1. The van der Waals surface area contributed by atoms with Gasteiger partial charge in [0.2, 0.25) is 5.91 Å². The molecule has 0 unspecified atom stereocenters. The highest BCUT2D eigenvalue weighted by molar-refractivity contribution is 6.42. The number of halogens is 2. The first-order valence-electron chi connectivity index (χ1n) is 13.3. The molecule has 0 radical (unpaired) electrons. The molecule has 2 fully saturated rings. The lowest BCUT2D eigenvalue weighted by Crippen LogP contribution is -2.56. The van der Waals surface area contributed by atoms with Crippen molar-refractivity contribution in [2.24, 2.45) is 11.8 Å². The Bertz CT molecular complexity index is 1140. The summed E-state index contributed by atoms with van der Waals surface area (Å²) in [5.74, 6) is 1.26. The Morgan fingerprint density at radius 1 is 1.14 bits per heavy atom. The van der Waals surface area contributed by atoms with Gasteiger partial charge >= 0.3 is 5.97 Å². The van der Waals surface area contributed by atoms with Gasteiger partial charge in [-0.3, -0.25) is 9.59 Å². The highest BCUT2D eigenvalue weighted by atomic mass is 35.5. The van der Waals surface area contributed by atoms with Crippen LogP contribution >= 0.6 is 23.2 Å². The summed E-state index contributed by atoms with van der Waals surface area (Å²) in [5.41, 5.74) is 2.03. The fourth-order valence-corrected chi connectivity index (χ4v) is 6.68. The minimum Gasteiger partial charge on any atom is -0.427 e. The molecule has 0 bridgehead atoms. The van der Waals surface area contributed by atoms with Crippen LogP contribution in [0.15, 0.2) is 42.5 Å². The van der Waals surface area contributed by atoms with Gasteiger partial charge in [-0.15, -0.1) is 0 Å². The van der Waals surface area contributed by atoms with E-state index in [2.05, 4.69) is 36.8 Å². The van der Waals surface area contributed by atoms with Crippen LogP contribution in [0.4, 0.5) is 0 Å². The quantitative estimate of drug-likeness (QED) is 0.299. The summed E-state index contributed by atoms with van der Waals surface area (Å²) in [6.45, 7) is 8.52. The molecular formula is C30H38Cl2N2O3. The number of piperidine rings is 1. The molecule has 37 heavy (non-hydrogen) atoms. The third-order valence-electron chi connectivity index (χ3n) is 8.03. The molecule has 7 heteroatoms. The van der Waals surface area contributed by atoms with Crippen molar-refractivity contribution in [2.45, 2.75) is 64.3 Å².